The topological polar surface area (TPSA) is 143 Å². The predicted octanol–water partition coefficient (Wildman–Crippen LogP) is 4.53. The molecule has 0 saturated carbocycles. The molecule has 10 nitrogen and oxygen atoms in total. The van der Waals surface area contributed by atoms with Gasteiger partial charge in [0.1, 0.15) is 5.82 Å². The van der Waals surface area contributed by atoms with Gasteiger partial charge in [0.25, 0.3) is 11.6 Å². The zero-order valence-corrected chi connectivity index (χ0v) is 20.2. The highest BCUT2D eigenvalue weighted by molar-refractivity contribution is 7.99. The van der Waals surface area contributed by atoms with Crippen LogP contribution in [0.2, 0.25) is 5.02 Å². The van der Waals surface area contributed by atoms with Crippen LogP contribution in [-0.2, 0) is 4.79 Å². The summed E-state index contributed by atoms with van der Waals surface area (Å²) in [6, 6.07) is 10.2. The van der Waals surface area contributed by atoms with Crippen molar-refractivity contribution in [1.82, 2.24) is 20.5 Å². The number of aromatic nitrogens is 3. The molecule has 0 spiro atoms. The second-order valence-corrected chi connectivity index (χ2v) is 9.18. The Bertz CT molecular complexity index is 1220. The van der Waals surface area contributed by atoms with Gasteiger partial charge >= 0.3 is 0 Å². The van der Waals surface area contributed by atoms with Gasteiger partial charge in [-0.05, 0) is 42.7 Å². The monoisotopic (exact) mass is 502 g/mol. The lowest BCUT2D eigenvalue weighted by Gasteiger charge is -2.19. The van der Waals surface area contributed by atoms with Crippen LogP contribution >= 0.6 is 23.4 Å². The fourth-order valence-electron chi connectivity index (χ4n) is 3.08. The highest BCUT2D eigenvalue weighted by Crippen LogP contribution is 2.23. The minimum absolute atomic E-state index is 0.0513. The van der Waals surface area contributed by atoms with Crippen molar-refractivity contribution in [3.8, 4) is 0 Å². The molecule has 2 aromatic carbocycles. The standard InChI is InChI=1S/C22H23ClN6O4S/c1-12(2)19(25-21(31)14-5-4-6-16(10-14)29(32)33)20-26-22(28-27-20)34-11-18(30)24-17-8-7-15(23)9-13(17)3/h4-10,12,19H,11H2,1-3H3,(H,24,30)(H,25,31)(H,26,27,28)/t19-/m1/s1. The molecule has 178 valence electrons. The molecule has 1 atom stereocenters. The van der Waals surface area contributed by atoms with Gasteiger partial charge in [-0.3, -0.25) is 24.8 Å². The zero-order valence-electron chi connectivity index (χ0n) is 18.7. The van der Waals surface area contributed by atoms with Gasteiger partial charge in [-0.2, -0.15) is 0 Å². The molecular weight excluding hydrogens is 480 g/mol. The third-order valence-electron chi connectivity index (χ3n) is 4.84. The number of carbonyl (C=O) groups excluding carboxylic acids is 2. The number of anilines is 1. The maximum absolute atomic E-state index is 12.7. The van der Waals surface area contributed by atoms with Crippen molar-refractivity contribution in [2.24, 2.45) is 5.92 Å². The first-order valence-corrected chi connectivity index (χ1v) is 11.7. The molecule has 34 heavy (non-hydrogen) atoms. The van der Waals surface area contributed by atoms with Crippen LogP contribution < -0.4 is 10.6 Å². The number of amides is 2. The number of non-ortho nitro benzene ring substituents is 1. The third kappa shape index (κ3) is 6.55. The summed E-state index contributed by atoms with van der Waals surface area (Å²) in [5.41, 5.74) is 1.53. The number of nitrogens with one attached hydrogen (secondary N) is 3. The average molecular weight is 503 g/mol. The first-order valence-electron chi connectivity index (χ1n) is 10.3. The fourth-order valence-corrected chi connectivity index (χ4v) is 3.91. The van der Waals surface area contributed by atoms with Crippen molar-refractivity contribution in [2.45, 2.75) is 32.0 Å². The molecule has 0 fully saturated rings. The van der Waals surface area contributed by atoms with E-state index in [4.69, 9.17) is 11.6 Å². The molecule has 3 rings (SSSR count). The number of hydrogen-bond donors (Lipinski definition) is 3. The van der Waals surface area contributed by atoms with Gasteiger partial charge in [0.15, 0.2) is 0 Å². The first-order chi connectivity index (χ1) is 16.1. The SMILES string of the molecule is Cc1cc(Cl)ccc1NC(=O)CSc1n[nH]c([C@H](NC(=O)c2cccc([N+](=O)[O-])c2)C(C)C)n1. The maximum Gasteiger partial charge on any atom is 0.270 e. The Morgan fingerprint density at radius 1 is 1.24 bits per heavy atom. The van der Waals surface area contributed by atoms with Gasteiger partial charge in [0, 0.05) is 28.4 Å². The van der Waals surface area contributed by atoms with E-state index in [1.165, 1.54) is 24.3 Å². The Morgan fingerprint density at radius 3 is 2.68 bits per heavy atom. The quantitative estimate of drug-likeness (QED) is 0.221. The van der Waals surface area contributed by atoms with Crippen LogP contribution in [0.4, 0.5) is 11.4 Å². The predicted molar refractivity (Wildman–Crippen MR) is 130 cm³/mol. The van der Waals surface area contributed by atoms with E-state index in [2.05, 4.69) is 25.8 Å². The summed E-state index contributed by atoms with van der Waals surface area (Å²) in [5, 5.41) is 24.5. The van der Waals surface area contributed by atoms with E-state index in [-0.39, 0.29) is 28.8 Å². The summed E-state index contributed by atoms with van der Waals surface area (Å²) in [6.07, 6.45) is 0. The lowest BCUT2D eigenvalue weighted by atomic mass is 10.0. The van der Waals surface area contributed by atoms with Gasteiger partial charge in [-0.1, -0.05) is 43.3 Å². The molecule has 3 N–H and O–H groups in total. The van der Waals surface area contributed by atoms with Gasteiger partial charge in [0.05, 0.1) is 16.7 Å². The molecule has 2 amide bonds. The smallest absolute Gasteiger partial charge is 0.270 e. The second-order valence-electron chi connectivity index (χ2n) is 7.80. The number of aromatic amines is 1. The Hall–Kier alpha value is -3.44. The number of nitrogens with zero attached hydrogens (tertiary/aromatic N) is 3. The minimum atomic E-state index is -0.555. The highest BCUT2D eigenvalue weighted by Gasteiger charge is 2.24. The largest absolute Gasteiger partial charge is 0.342 e. The molecule has 1 aromatic heterocycles. The molecule has 0 bridgehead atoms. The van der Waals surface area contributed by atoms with Crippen molar-refractivity contribution < 1.29 is 14.5 Å². The first kappa shape index (κ1) is 25.2. The number of benzene rings is 2. The summed E-state index contributed by atoms with van der Waals surface area (Å²) in [4.78, 5) is 39.8. The summed E-state index contributed by atoms with van der Waals surface area (Å²) >= 11 is 7.09. The minimum Gasteiger partial charge on any atom is -0.342 e. The number of aryl methyl sites for hydroxylation is 1. The highest BCUT2D eigenvalue weighted by atomic mass is 35.5. The second kappa shape index (κ2) is 11.1. The number of nitro benzene ring substituents is 1. The van der Waals surface area contributed by atoms with E-state index >= 15 is 0 Å². The Kier molecular flexibility index (Phi) is 8.24. The van der Waals surface area contributed by atoms with E-state index < -0.39 is 16.9 Å². The Morgan fingerprint density at radius 2 is 2.00 bits per heavy atom. The van der Waals surface area contributed by atoms with Gasteiger partial charge in [0.2, 0.25) is 11.1 Å². The van der Waals surface area contributed by atoms with Crippen molar-refractivity contribution in [1.29, 1.82) is 0 Å². The van der Waals surface area contributed by atoms with Gasteiger partial charge in [-0.25, -0.2) is 4.98 Å². The normalized spacial score (nSPS) is 11.8. The van der Waals surface area contributed by atoms with E-state index in [1.54, 1.807) is 18.2 Å². The van der Waals surface area contributed by atoms with Crippen LogP contribution in [0.1, 0.15) is 41.6 Å². The van der Waals surface area contributed by atoms with Crippen LogP contribution in [0.15, 0.2) is 47.6 Å². The van der Waals surface area contributed by atoms with Crippen molar-refractivity contribution in [2.75, 3.05) is 11.1 Å². The van der Waals surface area contributed by atoms with Crippen LogP contribution in [-0.4, -0.2) is 37.7 Å². The van der Waals surface area contributed by atoms with Crippen molar-refractivity contribution in [3.63, 3.8) is 0 Å². The number of rotatable bonds is 9. The van der Waals surface area contributed by atoms with Crippen molar-refractivity contribution >= 4 is 46.6 Å². The lowest BCUT2D eigenvalue weighted by molar-refractivity contribution is -0.384. The van der Waals surface area contributed by atoms with E-state index in [9.17, 15) is 19.7 Å². The van der Waals surface area contributed by atoms with E-state index in [0.29, 0.717) is 21.7 Å². The number of H-pyrrole nitrogens is 1. The summed E-state index contributed by atoms with van der Waals surface area (Å²) in [5.74, 6) is -0.229. The van der Waals surface area contributed by atoms with Crippen LogP contribution in [0, 0.1) is 23.0 Å². The molecule has 0 unspecified atom stereocenters. The number of nitro groups is 1. The van der Waals surface area contributed by atoms with E-state index in [1.807, 2.05) is 20.8 Å². The average Bonchev–Trinajstić information content (AvgIpc) is 3.26. The summed E-state index contributed by atoms with van der Waals surface area (Å²) in [7, 11) is 0. The fraction of sp³-hybridized carbons (Fsp3) is 0.273. The molecule has 12 heteroatoms. The van der Waals surface area contributed by atoms with Crippen LogP contribution in [0.5, 0.6) is 0 Å². The molecule has 0 aliphatic rings. The van der Waals surface area contributed by atoms with E-state index in [0.717, 1.165) is 17.3 Å². The zero-order chi connectivity index (χ0) is 24.8. The molecule has 3 aromatic rings. The molecule has 0 saturated heterocycles. The van der Waals surface area contributed by atoms with Crippen LogP contribution in [0.25, 0.3) is 0 Å². The molecular formula is C22H23ClN6O4S. The molecule has 0 aliphatic carbocycles. The summed E-state index contributed by atoms with van der Waals surface area (Å²) < 4.78 is 0. The van der Waals surface area contributed by atoms with Gasteiger partial charge < -0.3 is 10.6 Å². The molecule has 1 heterocycles. The number of thioether (sulfide) groups is 1. The molecule has 0 aliphatic heterocycles. The van der Waals surface area contributed by atoms with Crippen molar-refractivity contribution in [3.05, 3.63) is 74.6 Å². The summed E-state index contributed by atoms with van der Waals surface area (Å²) in [6.45, 7) is 5.65. The number of carbonyl (C=O) groups is 2. The Labute approximate surface area is 205 Å². The maximum atomic E-state index is 12.7. The third-order valence-corrected chi connectivity index (χ3v) is 5.93. The number of hydrogen-bond acceptors (Lipinski definition) is 7. The van der Waals surface area contributed by atoms with Crippen LogP contribution in [0.3, 0.4) is 0 Å². The molecule has 0 radical (unpaired) electrons. The number of halogens is 1. The lowest BCUT2D eigenvalue weighted by Crippen LogP contribution is -2.32. The Balaban J connectivity index is 1.63. The van der Waals surface area contributed by atoms with Gasteiger partial charge in [-0.15, -0.1) is 5.10 Å².